The second kappa shape index (κ2) is 14.0. The van der Waals surface area contributed by atoms with Gasteiger partial charge in [-0.05, 0) is 44.9 Å². The van der Waals surface area contributed by atoms with Gasteiger partial charge in [-0.2, -0.15) is 0 Å². The van der Waals surface area contributed by atoms with Crippen LogP contribution in [0, 0.1) is 5.92 Å². The van der Waals surface area contributed by atoms with E-state index in [0.717, 1.165) is 12.8 Å². The second-order valence-electron chi connectivity index (χ2n) is 11.7. The third-order valence-corrected chi connectivity index (χ3v) is 8.49. The molecule has 1 saturated carbocycles. The van der Waals surface area contributed by atoms with Crippen molar-refractivity contribution in [3.63, 3.8) is 0 Å². The van der Waals surface area contributed by atoms with Gasteiger partial charge in [0.2, 0.25) is 0 Å². The van der Waals surface area contributed by atoms with E-state index in [1.165, 1.54) is 4.90 Å². The predicted octanol–water partition coefficient (Wildman–Crippen LogP) is -1.11. The lowest BCUT2D eigenvalue weighted by molar-refractivity contribution is -0.352. The molecule has 5 N–H and O–H groups in total. The van der Waals surface area contributed by atoms with Crippen molar-refractivity contribution in [2.24, 2.45) is 5.92 Å². The van der Waals surface area contributed by atoms with Gasteiger partial charge in [-0.15, -0.1) is 0 Å². The molecule has 3 heterocycles. The molecule has 0 aromatic carbocycles. The Bertz CT molecular complexity index is 818. The largest absolute Gasteiger partial charge is 0.394 e. The van der Waals surface area contributed by atoms with Gasteiger partial charge in [0.1, 0.15) is 48.8 Å². The summed E-state index contributed by atoms with van der Waals surface area (Å²) >= 11 is 0. The van der Waals surface area contributed by atoms with Crippen molar-refractivity contribution in [3.8, 4) is 0 Å². The fourth-order valence-electron chi connectivity index (χ4n) is 6.02. The summed E-state index contributed by atoms with van der Waals surface area (Å²) < 4.78 is 36.7. The SMILES string of the molecule is CC1CCCC(OC2OC(CO)C(O)C3OC(C(=O)N(C)C)CCCCOC23)C1OC1OC(C)C(O)C(O)C1O. The van der Waals surface area contributed by atoms with Crippen LogP contribution < -0.4 is 0 Å². The molecule has 0 aromatic heterocycles. The molecule has 13 nitrogen and oxygen atoms in total. The van der Waals surface area contributed by atoms with Crippen LogP contribution in [-0.4, -0.2) is 143 Å². The van der Waals surface area contributed by atoms with Gasteiger partial charge in [0.05, 0.1) is 24.9 Å². The highest BCUT2D eigenvalue weighted by Gasteiger charge is 2.51. The molecule has 40 heavy (non-hydrogen) atoms. The van der Waals surface area contributed by atoms with Crippen molar-refractivity contribution in [2.75, 3.05) is 27.3 Å². The lowest BCUT2D eigenvalue weighted by atomic mass is 9.85. The highest BCUT2D eigenvalue weighted by Crippen LogP contribution is 2.36. The highest BCUT2D eigenvalue weighted by atomic mass is 16.7. The molecule has 4 aliphatic rings. The first-order chi connectivity index (χ1) is 19.0. The third kappa shape index (κ3) is 6.97. The predicted molar refractivity (Wildman–Crippen MR) is 138 cm³/mol. The number of carbonyl (C=O) groups is 1. The maximum Gasteiger partial charge on any atom is 0.251 e. The third-order valence-electron chi connectivity index (χ3n) is 8.49. The van der Waals surface area contributed by atoms with Crippen molar-refractivity contribution >= 4 is 5.91 Å². The van der Waals surface area contributed by atoms with E-state index in [1.807, 2.05) is 6.92 Å². The molecule has 0 radical (unpaired) electrons. The minimum absolute atomic E-state index is 0.00717. The molecule has 3 aliphatic heterocycles. The number of amides is 1. The van der Waals surface area contributed by atoms with Gasteiger partial charge in [-0.1, -0.05) is 13.3 Å². The van der Waals surface area contributed by atoms with E-state index in [0.29, 0.717) is 32.3 Å². The summed E-state index contributed by atoms with van der Waals surface area (Å²) in [6, 6.07) is 0. The summed E-state index contributed by atoms with van der Waals surface area (Å²) in [6.45, 7) is 3.43. The van der Waals surface area contributed by atoms with E-state index >= 15 is 0 Å². The number of carbonyl (C=O) groups excluding carboxylic acids is 1. The molecule has 232 valence electrons. The molecule has 1 amide bonds. The Balaban J connectivity index is 1.55. The van der Waals surface area contributed by atoms with Crippen LogP contribution in [0.3, 0.4) is 0 Å². The smallest absolute Gasteiger partial charge is 0.251 e. The van der Waals surface area contributed by atoms with Crippen molar-refractivity contribution in [1.29, 1.82) is 0 Å². The van der Waals surface area contributed by atoms with Gasteiger partial charge in [0, 0.05) is 20.7 Å². The average molecular weight is 578 g/mol. The summed E-state index contributed by atoms with van der Waals surface area (Å²) in [5.74, 6) is -0.230. The van der Waals surface area contributed by atoms with Gasteiger partial charge < -0.3 is 58.9 Å². The number of rotatable bonds is 6. The van der Waals surface area contributed by atoms with Gasteiger partial charge in [0.15, 0.2) is 12.6 Å². The van der Waals surface area contributed by atoms with Crippen LogP contribution in [0.15, 0.2) is 0 Å². The maximum atomic E-state index is 12.9. The Morgan fingerprint density at radius 3 is 2.27 bits per heavy atom. The molecular weight excluding hydrogens is 530 g/mol. The lowest BCUT2D eigenvalue weighted by Crippen LogP contribution is -2.63. The number of aliphatic hydroxyl groups excluding tert-OH is 5. The van der Waals surface area contributed by atoms with Crippen molar-refractivity contribution in [3.05, 3.63) is 0 Å². The molecule has 4 rings (SSSR count). The minimum atomic E-state index is -1.46. The van der Waals surface area contributed by atoms with Crippen LogP contribution in [-0.2, 0) is 33.2 Å². The molecule has 3 saturated heterocycles. The van der Waals surface area contributed by atoms with Crippen molar-refractivity contribution in [1.82, 2.24) is 4.90 Å². The molecule has 1 aliphatic carbocycles. The number of hydrogen-bond donors (Lipinski definition) is 5. The van der Waals surface area contributed by atoms with Crippen molar-refractivity contribution < 1.29 is 58.7 Å². The summed E-state index contributed by atoms with van der Waals surface area (Å²) in [7, 11) is 3.29. The zero-order chi connectivity index (χ0) is 29.1. The number of ether oxygens (including phenoxy) is 6. The van der Waals surface area contributed by atoms with E-state index in [9.17, 15) is 30.3 Å². The average Bonchev–Trinajstić information content (AvgIpc) is 3.04. The molecule has 13 heteroatoms. The number of fused-ring (bicyclic) bond motifs is 1. The standard InChI is InChI=1S/C27H47NO12/c1-13-8-7-10-15(22(13)40-26-21(33)20(32)18(30)14(2)36-26)38-27-24-23(19(31)17(12-29)39-27)37-16(25(34)28(3)4)9-5-6-11-35-24/h13-24,26-27,29-33H,5-12H2,1-4H3. The van der Waals surface area contributed by atoms with Gasteiger partial charge in [-0.3, -0.25) is 4.79 Å². The van der Waals surface area contributed by atoms with Crippen LogP contribution in [0.25, 0.3) is 0 Å². The molecule has 14 atom stereocenters. The first-order valence-electron chi connectivity index (χ1n) is 14.5. The highest BCUT2D eigenvalue weighted by molar-refractivity contribution is 5.80. The quantitative estimate of drug-likeness (QED) is 0.258. The molecule has 4 fully saturated rings. The molecule has 0 spiro atoms. The molecular formula is C27H47NO12. The Labute approximate surface area is 235 Å². The van der Waals surface area contributed by atoms with Crippen LogP contribution in [0.1, 0.15) is 52.4 Å². The Kier molecular flexibility index (Phi) is 11.2. The number of aliphatic hydroxyl groups is 5. The van der Waals surface area contributed by atoms with Crippen molar-refractivity contribution in [2.45, 2.75) is 132 Å². The van der Waals surface area contributed by atoms with Crippen LogP contribution in [0.4, 0.5) is 0 Å². The van der Waals surface area contributed by atoms with Gasteiger partial charge in [0.25, 0.3) is 5.91 Å². The Morgan fingerprint density at radius 1 is 0.825 bits per heavy atom. The summed E-state index contributed by atoms with van der Waals surface area (Å²) in [6.07, 6.45) is -9.13. The monoisotopic (exact) mass is 577 g/mol. The Morgan fingerprint density at radius 2 is 1.57 bits per heavy atom. The summed E-state index contributed by atoms with van der Waals surface area (Å²) in [4.78, 5) is 14.3. The van der Waals surface area contributed by atoms with Crippen LogP contribution in [0.2, 0.25) is 0 Å². The summed E-state index contributed by atoms with van der Waals surface area (Å²) in [5, 5.41) is 51.9. The second-order valence-corrected chi connectivity index (χ2v) is 11.7. The number of nitrogens with zero attached hydrogens (tertiary/aromatic N) is 1. The molecule has 14 unspecified atom stereocenters. The zero-order valence-electron chi connectivity index (χ0n) is 23.8. The Hall–Kier alpha value is -0.970. The van der Waals surface area contributed by atoms with E-state index in [-0.39, 0.29) is 11.8 Å². The van der Waals surface area contributed by atoms with E-state index in [1.54, 1.807) is 21.0 Å². The minimum Gasteiger partial charge on any atom is -0.394 e. The van der Waals surface area contributed by atoms with Crippen LogP contribution >= 0.6 is 0 Å². The number of hydrogen-bond acceptors (Lipinski definition) is 12. The normalized spacial score (nSPS) is 46.9. The van der Waals surface area contributed by atoms with Gasteiger partial charge >= 0.3 is 0 Å². The first kappa shape index (κ1) is 32.0. The zero-order valence-corrected chi connectivity index (χ0v) is 23.8. The lowest BCUT2D eigenvalue weighted by Gasteiger charge is -2.47. The molecule has 0 bridgehead atoms. The molecule has 0 aromatic rings. The van der Waals surface area contributed by atoms with Crippen LogP contribution in [0.5, 0.6) is 0 Å². The van der Waals surface area contributed by atoms with E-state index in [4.69, 9.17) is 28.4 Å². The maximum absolute atomic E-state index is 12.9. The topological polar surface area (TPSA) is 177 Å². The number of likely N-dealkylation sites (N-methyl/N-ethyl adjacent to an activating group) is 1. The fourth-order valence-corrected chi connectivity index (χ4v) is 6.02. The fraction of sp³-hybridized carbons (Fsp3) is 0.963. The first-order valence-corrected chi connectivity index (χ1v) is 14.5. The van der Waals surface area contributed by atoms with E-state index in [2.05, 4.69) is 0 Å². The van der Waals surface area contributed by atoms with Gasteiger partial charge in [-0.25, -0.2) is 0 Å². The van der Waals surface area contributed by atoms with E-state index < -0.39 is 86.3 Å². The summed E-state index contributed by atoms with van der Waals surface area (Å²) in [5.41, 5.74) is 0.